The molecule has 17 heavy (non-hydrogen) atoms. The van der Waals surface area contributed by atoms with E-state index in [0.717, 1.165) is 12.2 Å². The molecule has 0 aromatic rings. The van der Waals surface area contributed by atoms with Gasteiger partial charge in [-0.15, -0.1) is 0 Å². The van der Waals surface area contributed by atoms with E-state index in [0.29, 0.717) is 0 Å². The molecule has 0 spiro atoms. The summed E-state index contributed by atoms with van der Waals surface area (Å²) in [4.78, 5) is 0. The number of unbranched alkanes of at least 4 members (excludes halogenated alkanes) is 13. The van der Waals surface area contributed by atoms with Gasteiger partial charge >= 0.3 is 0 Å². The summed E-state index contributed by atoms with van der Waals surface area (Å²) >= 11 is 4.23. The maximum atomic E-state index is 4.23. The van der Waals surface area contributed by atoms with Gasteiger partial charge in [0.1, 0.15) is 0 Å². The Bertz CT molecular complexity index is 109. The zero-order valence-electron chi connectivity index (χ0n) is 11.8. The van der Waals surface area contributed by atoms with Crippen LogP contribution >= 0.6 is 12.6 Å². The Labute approximate surface area is 115 Å². The third-order valence-electron chi connectivity index (χ3n) is 3.41. The van der Waals surface area contributed by atoms with Crippen LogP contribution in [0.15, 0.2) is 0 Å². The molecule has 0 unspecified atom stereocenters. The summed E-state index contributed by atoms with van der Waals surface area (Å²) in [6.45, 7) is 3.88. The highest BCUT2D eigenvalue weighted by molar-refractivity contribution is 7.80. The Balaban J connectivity index is 2.85. The molecule has 0 N–H and O–H groups in total. The predicted octanol–water partition coefficient (Wildman–Crippen LogP) is 6.21. The highest BCUT2D eigenvalue weighted by Gasteiger charge is 1.93. The largest absolute Gasteiger partial charge is 0.179 e. The number of hydrogen-bond acceptors (Lipinski definition) is 1. The van der Waals surface area contributed by atoms with Crippen molar-refractivity contribution in [2.24, 2.45) is 0 Å². The second-order valence-corrected chi connectivity index (χ2v) is 5.62. The van der Waals surface area contributed by atoms with E-state index in [4.69, 9.17) is 0 Å². The molecule has 1 heteroatoms. The zero-order chi connectivity index (χ0) is 12.6. The lowest BCUT2D eigenvalue weighted by Crippen LogP contribution is -1.83. The van der Waals surface area contributed by atoms with Gasteiger partial charge in [0.05, 0.1) is 0 Å². The van der Waals surface area contributed by atoms with Crippen LogP contribution in [-0.4, -0.2) is 5.75 Å². The van der Waals surface area contributed by atoms with Gasteiger partial charge in [-0.1, -0.05) is 90.4 Å². The summed E-state index contributed by atoms with van der Waals surface area (Å²) in [5.74, 6) is 1.06. The van der Waals surface area contributed by atoms with Crippen molar-refractivity contribution in [2.75, 3.05) is 5.75 Å². The lowest BCUT2D eigenvalue weighted by molar-refractivity contribution is 0.540. The fraction of sp³-hybridized carbons (Fsp3) is 0.938. The molecule has 0 aliphatic rings. The van der Waals surface area contributed by atoms with Crippen molar-refractivity contribution >= 4 is 12.6 Å². The highest BCUT2D eigenvalue weighted by Crippen LogP contribution is 2.12. The molecular formula is C16H33S. The Hall–Kier alpha value is 0.350. The number of hydrogen-bond donors (Lipinski definition) is 1. The molecule has 0 rings (SSSR count). The predicted molar refractivity (Wildman–Crippen MR) is 83.8 cm³/mol. The molecule has 0 bridgehead atoms. The summed E-state index contributed by atoms with van der Waals surface area (Å²) in [7, 11) is 0. The minimum Gasteiger partial charge on any atom is -0.179 e. The average Bonchev–Trinajstić information content (AvgIpc) is 2.35. The van der Waals surface area contributed by atoms with E-state index in [9.17, 15) is 0 Å². The first-order valence-electron chi connectivity index (χ1n) is 7.82. The summed E-state index contributed by atoms with van der Waals surface area (Å²) in [5, 5.41) is 0. The summed E-state index contributed by atoms with van der Waals surface area (Å²) < 4.78 is 0. The van der Waals surface area contributed by atoms with Gasteiger partial charge in [0.25, 0.3) is 0 Å². The molecule has 0 aromatic heterocycles. The van der Waals surface area contributed by atoms with Gasteiger partial charge in [-0.25, -0.2) is 0 Å². The first kappa shape index (κ1) is 17.4. The molecule has 0 nitrogen and oxygen atoms in total. The quantitative estimate of drug-likeness (QED) is 0.277. The van der Waals surface area contributed by atoms with Crippen molar-refractivity contribution in [3.05, 3.63) is 6.92 Å². The maximum absolute atomic E-state index is 4.23. The Morgan fingerprint density at radius 2 is 0.765 bits per heavy atom. The second kappa shape index (κ2) is 16.4. The van der Waals surface area contributed by atoms with Crippen molar-refractivity contribution in [3.8, 4) is 0 Å². The summed E-state index contributed by atoms with van der Waals surface area (Å²) in [6.07, 6.45) is 19.6. The van der Waals surface area contributed by atoms with Gasteiger partial charge in [0.15, 0.2) is 0 Å². The van der Waals surface area contributed by atoms with Gasteiger partial charge in [-0.05, 0) is 12.2 Å². The van der Waals surface area contributed by atoms with Crippen LogP contribution in [0.4, 0.5) is 0 Å². The van der Waals surface area contributed by atoms with Crippen LogP contribution in [-0.2, 0) is 0 Å². The minimum atomic E-state index is 1.06. The van der Waals surface area contributed by atoms with Crippen molar-refractivity contribution in [2.45, 2.75) is 89.9 Å². The lowest BCUT2D eigenvalue weighted by atomic mass is 10.0. The average molecular weight is 258 g/mol. The monoisotopic (exact) mass is 257 g/mol. The second-order valence-electron chi connectivity index (χ2n) is 5.17. The van der Waals surface area contributed by atoms with E-state index in [1.54, 1.807) is 0 Å². The Morgan fingerprint density at radius 1 is 0.471 bits per heavy atom. The molecule has 0 atom stereocenters. The van der Waals surface area contributed by atoms with E-state index in [1.165, 1.54) is 83.5 Å². The molecule has 1 radical (unpaired) electrons. The van der Waals surface area contributed by atoms with Crippen LogP contribution in [0.1, 0.15) is 89.9 Å². The van der Waals surface area contributed by atoms with Crippen LogP contribution in [0.3, 0.4) is 0 Å². The third kappa shape index (κ3) is 16.4. The fourth-order valence-electron chi connectivity index (χ4n) is 2.23. The molecule has 103 valence electrons. The molecule has 0 aliphatic heterocycles. The number of rotatable bonds is 14. The van der Waals surface area contributed by atoms with Gasteiger partial charge in [-0.3, -0.25) is 0 Å². The lowest BCUT2D eigenvalue weighted by Gasteiger charge is -2.02. The molecule has 0 fully saturated rings. The van der Waals surface area contributed by atoms with Crippen LogP contribution in [0.5, 0.6) is 0 Å². The van der Waals surface area contributed by atoms with E-state index < -0.39 is 0 Å². The van der Waals surface area contributed by atoms with Crippen molar-refractivity contribution in [3.63, 3.8) is 0 Å². The summed E-state index contributed by atoms with van der Waals surface area (Å²) in [6, 6.07) is 0. The first-order chi connectivity index (χ1) is 8.41. The van der Waals surface area contributed by atoms with Crippen molar-refractivity contribution in [1.29, 1.82) is 0 Å². The molecule has 0 aromatic carbocycles. The Morgan fingerprint density at radius 3 is 1.06 bits per heavy atom. The van der Waals surface area contributed by atoms with E-state index >= 15 is 0 Å². The van der Waals surface area contributed by atoms with Crippen LogP contribution in [0, 0.1) is 6.92 Å². The van der Waals surface area contributed by atoms with Crippen LogP contribution in [0.2, 0.25) is 0 Å². The van der Waals surface area contributed by atoms with Crippen LogP contribution in [0.25, 0.3) is 0 Å². The summed E-state index contributed by atoms with van der Waals surface area (Å²) in [5.41, 5.74) is 0. The first-order valence-corrected chi connectivity index (χ1v) is 8.45. The van der Waals surface area contributed by atoms with E-state index in [-0.39, 0.29) is 0 Å². The maximum Gasteiger partial charge on any atom is -0.00979 e. The fourth-order valence-corrected chi connectivity index (χ4v) is 2.46. The van der Waals surface area contributed by atoms with E-state index in [1.807, 2.05) is 0 Å². The highest BCUT2D eigenvalue weighted by atomic mass is 32.1. The van der Waals surface area contributed by atoms with E-state index in [2.05, 4.69) is 19.6 Å². The normalized spacial score (nSPS) is 10.9. The smallest absolute Gasteiger partial charge is 0.00979 e. The van der Waals surface area contributed by atoms with Gasteiger partial charge in [0, 0.05) is 0 Å². The zero-order valence-corrected chi connectivity index (χ0v) is 12.7. The standard InChI is InChI=1S/C16H33S/c1-2-3-4-5-6-7-8-9-10-11-12-13-14-15-16-17/h17H,1-16H2. The van der Waals surface area contributed by atoms with Gasteiger partial charge in [-0.2, -0.15) is 12.6 Å². The molecule has 0 aliphatic carbocycles. The van der Waals surface area contributed by atoms with Crippen molar-refractivity contribution < 1.29 is 0 Å². The topological polar surface area (TPSA) is 0 Å². The molecule has 0 heterocycles. The van der Waals surface area contributed by atoms with Gasteiger partial charge < -0.3 is 0 Å². The molecular weight excluding hydrogens is 224 g/mol. The molecule has 0 saturated carbocycles. The Kier molecular flexibility index (Phi) is 16.7. The van der Waals surface area contributed by atoms with Crippen LogP contribution < -0.4 is 0 Å². The SMILES string of the molecule is [CH2]CCCCCCCCCCCCCCCS. The minimum absolute atomic E-state index is 1.06. The van der Waals surface area contributed by atoms with Crippen molar-refractivity contribution in [1.82, 2.24) is 0 Å². The third-order valence-corrected chi connectivity index (χ3v) is 3.72. The molecule has 0 amide bonds. The molecule has 0 saturated heterocycles. The number of thiol groups is 1. The van der Waals surface area contributed by atoms with Gasteiger partial charge in [0.2, 0.25) is 0 Å².